The van der Waals surface area contributed by atoms with E-state index in [9.17, 15) is 9.90 Å². The lowest BCUT2D eigenvalue weighted by Crippen LogP contribution is -2.24. The van der Waals surface area contributed by atoms with E-state index in [2.05, 4.69) is 10.5 Å². The lowest BCUT2D eigenvalue weighted by atomic mass is 10.1. The van der Waals surface area contributed by atoms with E-state index < -0.39 is 0 Å². The van der Waals surface area contributed by atoms with Crippen LogP contribution in [0.2, 0.25) is 0 Å². The Morgan fingerprint density at radius 1 is 1.21 bits per heavy atom. The molecule has 0 radical (unpaired) electrons. The molecule has 126 valence electrons. The molecule has 0 fully saturated rings. The summed E-state index contributed by atoms with van der Waals surface area (Å²) in [4.78, 5) is 11.7. The number of hydrogen-bond donors (Lipinski definition) is 2. The summed E-state index contributed by atoms with van der Waals surface area (Å²) in [5, 5.41) is 13.5. The van der Waals surface area contributed by atoms with Crippen LogP contribution in [-0.2, 0) is 4.79 Å². The van der Waals surface area contributed by atoms with Crippen LogP contribution < -0.4 is 14.9 Å². The van der Waals surface area contributed by atoms with Crippen LogP contribution in [0.25, 0.3) is 0 Å². The minimum atomic E-state index is -0.372. The van der Waals surface area contributed by atoms with Crippen molar-refractivity contribution >= 4 is 12.1 Å². The molecule has 1 amide bonds. The van der Waals surface area contributed by atoms with Gasteiger partial charge in [0.15, 0.2) is 18.1 Å². The number of nitrogens with one attached hydrogen (secondary N) is 1. The van der Waals surface area contributed by atoms with Crippen LogP contribution in [0.15, 0.2) is 41.5 Å². The van der Waals surface area contributed by atoms with Gasteiger partial charge in [0.1, 0.15) is 5.75 Å². The van der Waals surface area contributed by atoms with E-state index >= 15 is 0 Å². The standard InChI is InChI=1S/C18H20N2O4/c1-12-6-13(2)8-15(7-12)24-11-18(22)20-19-10-14-4-5-17(23-3)16(21)9-14/h4-10,21H,11H2,1-3H3,(H,20,22)/b19-10-. The van der Waals surface area contributed by atoms with Gasteiger partial charge in [0.05, 0.1) is 13.3 Å². The Morgan fingerprint density at radius 3 is 2.54 bits per heavy atom. The molecule has 2 rings (SSSR count). The maximum absolute atomic E-state index is 11.7. The maximum atomic E-state index is 11.7. The molecular weight excluding hydrogens is 308 g/mol. The highest BCUT2D eigenvalue weighted by Gasteiger charge is 2.03. The van der Waals surface area contributed by atoms with Gasteiger partial charge < -0.3 is 14.6 Å². The van der Waals surface area contributed by atoms with E-state index in [1.54, 1.807) is 12.1 Å². The average molecular weight is 328 g/mol. The summed E-state index contributed by atoms with van der Waals surface area (Å²) < 4.78 is 10.4. The summed E-state index contributed by atoms with van der Waals surface area (Å²) in [6, 6.07) is 10.6. The zero-order chi connectivity index (χ0) is 17.5. The zero-order valence-corrected chi connectivity index (χ0v) is 13.9. The highest BCUT2D eigenvalue weighted by atomic mass is 16.5. The first kappa shape index (κ1) is 17.3. The Morgan fingerprint density at radius 2 is 1.92 bits per heavy atom. The topological polar surface area (TPSA) is 80.2 Å². The van der Waals surface area contributed by atoms with Crippen LogP contribution in [0.4, 0.5) is 0 Å². The number of aryl methyl sites for hydroxylation is 2. The molecule has 0 saturated carbocycles. The van der Waals surface area contributed by atoms with Crippen molar-refractivity contribution in [1.82, 2.24) is 5.43 Å². The molecule has 6 heteroatoms. The number of hydrogen-bond acceptors (Lipinski definition) is 5. The van der Waals surface area contributed by atoms with Crippen molar-refractivity contribution < 1.29 is 19.4 Å². The average Bonchev–Trinajstić information content (AvgIpc) is 2.52. The molecule has 0 aliphatic heterocycles. The second-order valence-corrected chi connectivity index (χ2v) is 5.34. The van der Waals surface area contributed by atoms with Crippen molar-refractivity contribution in [3.8, 4) is 17.2 Å². The lowest BCUT2D eigenvalue weighted by molar-refractivity contribution is -0.123. The van der Waals surface area contributed by atoms with Gasteiger partial charge in [-0.05, 0) is 60.9 Å². The number of nitrogens with zero attached hydrogens (tertiary/aromatic N) is 1. The van der Waals surface area contributed by atoms with Crippen LogP contribution in [-0.4, -0.2) is 30.9 Å². The zero-order valence-electron chi connectivity index (χ0n) is 13.9. The Balaban J connectivity index is 1.85. The molecule has 2 aromatic rings. The first-order valence-corrected chi connectivity index (χ1v) is 7.38. The normalized spacial score (nSPS) is 10.6. The fraction of sp³-hybridized carbons (Fsp3) is 0.222. The number of aromatic hydroxyl groups is 1. The molecule has 2 aromatic carbocycles. The van der Waals surface area contributed by atoms with Gasteiger partial charge in [0.25, 0.3) is 5.91 Å². The van der Waals surface area contributed by atoms with Gasteiger partial charge in [-0.15, -0.1) is 0 Å². The number of phenols is 1. The smallest absolute Gasteiger partial charge is 0.277 e. The first-order chi connectivity index (χ1) is 11.5. The van der Waals surface area contributed by atoms with E-state index in [4.69, 9.17) is 9.47 Å². The quantitative estimate of drug-likeness (QED) is 0.631. The molecule has 0 aliphatic carbocycles. The Kier molecular flexibility index (Phi) is 5.78. The minimum Gasteiger partial charge on any atom is -0.504 e. The summed E-state index contributed by atoms with van der Waals surface area (Å²) in [6.07, 6.45) is 1.42. The monoisotopic (exact) mass is 328 g/mol. The predicted octanol–water partition coefficient (Wildman–Crippen LogP) is 2.55. The first-order valence-electron chi connectivity index (χ1n) is 7.38. The van der Waals surface area contributed by atoms with Gasteiger partial charge in [-0.2, -0.15) is 5.10 Å². The third kappa shape index (κ3) is 5.01. The van der Waals surface area contributed by atoms with Crippen molar-refractivity contribution in [3.05, 3.63) is 53.1 Å². The number of ether oxygens (including phenoxy) is 2. The number of hydrazone groups is 1. The van der Waals surface area contributed by atoms with Crippen molar-refractivity contribution in [3.63, 3.8) is 0 Å². The van der Waals surface area contributed by atoms with Gasteiger partial charge in [0.2, 0.25) is 0 Å². The van der Waals surface area contributed by atoms with E-state index in [1.165, 1.54) is 19.4 Å². The van der Waals surface area contributed by atoms with Crippen molar-refractivity contribution in [1.29, 1.82) is 0 Å². The van der Waals surface area contributed by atoms with Gasteiger partial charge >= 0.3 is 0 Å². The second kappa shape index (κ2) is 8.01. The van der Waals surface area contributed by atoms with Crippen LogP contribution in [0.5, 0.6) is 17.2 Å². The Bertz CT molecular complexity index is 736. The molecule has 0 heterocycles. The number of carbonyl (C=O) groups is 1. The number of amides is 1. The van der Waals surface area contributed by atoms with Crippen LogP contribution in [0.1, 0.15) is 16.7 Å². The molecule has 0 unspecified atom stereocenters. The molecule has 24 heavy (non-hydrogen) atoms. The van der Waals surface area contributed by atoms with E-state index in [-0.39, 0.29) is 18.3 Å². The number of rotatable bonds is 6. The van der Waals surface area contributed by atoms with Crippen LogP contribution in [0, 0.1) is 13.8 Å². The molecule has 0 aromatic heterocycles. The van der Waals surface area contributed by atoms with E-state index in [0.29, 0.717) is 17.1 Å². The molecule has 2 N–H and O–H groups in total. The van der Waals surface area contributed by atoms with E-state index in [0.717, 1.165) is 11.1 Å². The number of methoxy groups -OCH3 is 1. The second-order valence-electron chi connectivity index (χ2n) is 5.34. The molecule has 0 spiro atoms. The van der Waals surface area contributed by atoms with Crippen molar-refractivity contribution in [2.24, 2.45) is 5.10 Å². The van der Waals surface area contributed by atoms with Crippen molar-refractivity contribution in [2.45, 2.75) is 13.8 Å². The molecule has 0 saturated heterocycles. The fourth-order valence-corrected chi connectivity index (χ4v) is 2.16. The molecule has 0 aliphatic rings. The van der Waals surface area contributed by atoms with E-state index in [1.807, 2.05) is 32.0 Å². The summed E-state index contributed by atoms with van der Waals surface area (Å²) in [5.41, 5.74) is 5.14. The number of carbonyl (C=O) groups excluding carboxylic acids is 1. The molecule has 0 atom stereocenters. The molecular formula is C18H20N2O4. The van der Waals surface area contributed by atoms with Gasteiger partial charge in [-0.3, -0.25) is 4.79 Å². The predicted molar refractivity (Wildman–Crippen MR) is 91.8 cm³/mol. The van der Waals surface area contributed by atoms with Crippen molar-refractivity contribution in [2.75, 3.05) is 13.7 Å². The largest absolute Gasteiger partial charge is 0.504 e. The SMILES string of the molecule is COc1ccc(/C=N\NC(=O)COc2cc(C)cc(C)c2)cc1O. The Labute approximate surface area is 140 Å². The summed E-state index contributed by atoms with van der Waals surface area (Å²) in [5.74, 6) is 0.652. The number of phenolic OH excluding ortho intramolecular Hbond substituents is 1. The van der Waals surface area contributed by atoms with Gasteiger partial charge in [-0.1, -0.05) is 6.07 Å². The van der Waals surface area contributed by atoms with Crippen LogP contribution in [0.3, 0.4) is 0 Å². The maximum Gasteiger partial charge on any atom is 0.277 e. The Hall–Kier alpha value is -3.02. The summed E-state index contributed by atoms with van der Waals surface area (Å²) in [6.45, 7) is 3.80. The number of benzene rings is 2. The van der Waals surface area contributed by atoms with Crippen LogP contribution >= 0.6 is 0 Å². The summed E-state index contributed by atoms with van der Waals surface area (Å²) >= 11 is 0. The molecule has 6 nitrogen and oxygen atoms in total. The third-order valence-electron chi connectivity index (χ3n) is 3.17. The highest BCUT2D eigenvalue weighted by molar-refractivity contribution is 5.83. The molecule has 0 bridgehead atoms. The minimum absolute atomic E-state index is 0.00549. The third-order valence-corrected chi connectivity index (χ3v) is 3.17. The fourth-order valence-electron chi connectivity index (χ4n) is 2.16. The summed E-state index contributed by atoms with van der Waals surface area (Å²) in [7, 11) is 1.47. The van der Waals surface area contributed by atoms with Gasteiger partial charge in [-0.25, -0.2) is 5.43 Å². The lowest BCUT2D eigenvalue weighted by Gasteiger charge is -2.07. The van der Waals surface area contributed by atoms with Gasteiger partial charge in [0, 0.05) is 0 Å². The highest BCUT2D eigenvalue weighted by Crippen LogP contribution is 2.25.